The third-order valence-electron chi connectivity index (χ3n) is 4.73. The van der Waals surface area contributed by atoms with Gasteiger partial charge in [-0.2, -0.15) is 5.10 Å². The Balaban J connectivity index is 1.57. The maximum absolute atomic E-state index is 12.6. The fraction of sp³-hybridized carbons (Fsp3) is 0.0385. The van der Waals surface area contributed by atoms with E-state index < -0.39 is 5.97 Å². The van der Waals surface area contributed by atoms with Crippen molar-refractivity contribution in [1.82, 2.24) is 5.43 Å². The van der Waals surface area contributed by atoms with Gasteiger partial charge in [0.15, 0.2) is 0 Å². The Kier molecular flexibility index (Phi) is 6.14. The van der Waals surface area contributed by atoms with E-state index >= 15 is 0 Å². The maximum Gasteiger partial charge on any atom is 0.343 e. The molecule has 1 N–H and O–H groups in total. The van der Waals surface area contributed by atoms with E-state index in [1.54, 1.807) is 30.3 Å². The second-order valence-corrected chi connectivity index (χ2v) is 6.91. The number of nitrogens with zero attached hydrogens (tertiary/aromatic N) is 1. The summed E-state index contributed by atoms with van der Waals surface area (Å²) in [7, 11) is 0. The van der Waals surface area contributed by atoms with Crippen LogP contribution in [0.1, 0.15) is 21.5 Å². The Bertz CT molecular complexity index is 1240. The highest BCUT2D eigenvalue weighted by atomic mass is 16.5. The van der Waals surface area contributed by atoms with Gasteiger partial charge >= 0.3 is 5.97 Å². The van der Waals surface area contributed by atoms with Crippen molar-refractivity contribution in [3.8, 4) is 5.75 Å². The van der Waals surface area contributed by atoms with Crippen LogP contribution in [0.3, 0.4) is 0 Å². The van der Waals surface area contributed by atoms with Gasteiger partial charge in [-0.05, 0) is 34.5 Å². The van der Waals surface area contributed by atoms with Crippen LogP contribution in [-0.2, 0) is 11.2 Å². The molecular weight excluding hydrogens is 388 g/mol. The number of fused-ring (bicyclic) bond motifs is 1. The standard InChI is InChI=1S/C26H20N2O3/c29-25(17-19-9-3-1-4-10-19)28-27-18-23-22-14-8-7-11-20(22)15-16-24(23)31-26(30)21-12-5-2-6-13-21/h1-16,18H,17H2,(H,28,29)/b27-18-. The zero-order valence-electron chi connectivity index (χ0n) is 16.7. The minimum Gasteiger partial charge on any atom is -0.422 e. The summed E-state index contributed by atoms with van der Waals surface area (Å²) in [5.74, 6) is -0.322. The number of nitrogens with one attached hydrogen (secondary N) is 1. The van der Waals surface area contributed by atoms with Gasteiger partial charge in [0.2, 0.25) is 5.91 Å². The zero-order valence-corrected chi connectivity index (χ0v) is 16.7. The molecule has 0 heterocycles. The molecule has 4 aromatic carbocycles. The number of hydrogen-bond donors (Lipinski definition) is 1. The minimum absolute atomic E-state index is 0.226. The Morgan fingerprint density at radius 3 is 2.26 bits per heavy atom. The number of esters is 1. The van der Waals surface area contributed by atoms with E-state index in [9.17, 15) is 9.59 Å². The number of benzene rings is 4. The fourth-order valence-electron chi connectivity index (χ4n) is 3.22. The van der Waals surface area contributed by atoms with Crippen molar-refractivity contribution < 1.29 is 14.3 Å². The van der Waals surface area contributed by atoms with Crippen LogP contribution >= 0.6 is 0 Å². The number of ether oxygens (including phenoxy) is 1. The van der Waals surface area contributed by atoms with Gasteiger partial charge in [0, 0.05) is 5.56 Å². The number of hydrazone groups is 1. The minimum atomic E-state index is -0.460. The van der Waals surface area contributed by atoms with E-state index in [0.29, 0.717) is 16.9 Å². The predicted octanol–water partition coefficient (Wildman–Crippen LogP) is 4.75. The van der Waals surface area contributed by atoms with Crippen LogP contribution in [0.5, 0.6) is 5.75 Å². The number of carbonyl (C=O) groups excluding carboxylic acids is 2. The van der Waals surface area contributed by atoms with Crippen molar-refractivity contribution in [1.29, 1.82) is 0 Å². The average Bonchev–Trinajstić information content (AvgIpc) is 2.81. The molecule has 0 aromatic heterocycles. The molecule has 4 rings (SSSR count). The van der Waals surface area contributed by atoms with E-state index in [4.69, 9.17) is 4.74 Å². The van der Waals surface area contributed by atoms with E-state index in [1.165, 1.54) is 6.21 Å². The van der Waals surface area contributed by atoms with Crippen molar-refractivity contribution in [2.75, 3.05) is 0 Å². The third-order valence-corrected chi connectivity index (χ3v) is 4.73. The molecule has 152 valence electrons. The lowest BCUT2D eigenvalue weighted by Crippen LogP contribution is -2.19. The van der Waals surface area contributed by atoms with Gasteiger partial charge in [0.1, 0.15) is 5.75 Å². The van der Waals surface area contributed by atoms with E-state index in [-0.39, 0.29) is 12.3 Å². The van der Waals surface area contributed by atoms with Gasteiger partial charge in [-0.25, -0.2) is 10.2 Å². The van der Waals surface area contributed by atoms with E-state index in [2.05, 4.69) is 10.5 Å². The van der Waals surface area contributed by atoms with Gasteiger partial charge in [0.05, 0.1) is 18.2 Å². The molecule has 31 heavy (non-hydrogen) atoms. The monoisotopic (exact) mass is 408 g/mol. The lowest BCUT2D eigenvalue weighted by molar-refractivity contribution is -0.120. The summed E-state index contributed by atoms with van der Waals surface area (Å²) in [6.45, 7) is 0. The molecule has 5 heteroatoms. The Hall–Kier alpha value is -4.25. The third kappa shape index (κ3) is 5.03. The SMILES string of the molecule is O=C(Cc1ccccc1)N/N=C\c1c(OC(=O)c2ccccc2)ccc2ccccc12. The molecule has 0 radical (unpaired) electrons. The molecule has 4 aromatic rings. The van der Waals surface area contributed by atoms with Crippen LogP contribution in [0.4, 0.5) is 0 Å². The normalized spacial score (nSPS) is 10.8. The number of carbonyl (C=O) groups is 2. The first-order chi connectivity index (χ1) is 15.2. The zero-order chi connectivity index (χ0) is 21.5. The summed E-state index contributed by atoms with van der Waals surface area (Å²) < 4.78 is 5.65. The van der Waals surface area contributed by atoms with E-state index in [1.807, 2.05) is 66.7 Å². The summed E-state index contributed by atoms with van der Waals surface area (Å²) in [6.07, 6.45) is 1.74. The van der Waals surface area contributed by atoms with Crippen LogP contribution < -0.4 is 10.2 Å². The number of amides is 1. The molecule has 0 bridgehead atoms. The van der Waals surface area contributed by atoms with Crippen molar-refractivity contribution >= 4 is 28.9 Å². The molecule has 0 spiro atoms. The highest BCUT2D eigenvalue weighted by molar-refractivity contribution is 6.04. The second-order valence-electron chi connectivity index (χ2n) is 6.91. The molecule has 0 aliphatic rings. The average molecular weight is 408 g/mol. The molecule has 1 amide bonds. The summed E-state index contributed by atoms with van der Waals surface area (Å²) in [4.78, 5) is 24.8. The van der Waals surface area contributed by atoms with E-state index in [0.717, 1.165) is 16.3 Å². The first kappa shape index (κ1) is 20.0. The Morgan fingerprint density at radius 2 is 1.48 bits per heavy atom. The first-order valence-corrected chi connectivity index (χ1v) is 9.85. The number of hydrogen-bond acceptors (Lipinski definition) is 4. The topological polar surface area (TPSA) is 67.8 Å². The largest absolute Gasteiger partial charge is 0.422 e. The van der Waals surface area contributed by atoms with Gasteiger partial charge in [-0.15, -0.1) is 0 Å². The predicted molar refractivity (Wildman–Crippen MR) is 121 cm³/mol. The van der Waals surface area contributed by atoms with Crippen LogP contribution in [0.25, 0.3) is 10.8 Å². The van der Waals surface area contributed by atoms with Crippen molar-refractivity contribution in [2.45, 2.75) is 6.42 Å². The first-order valence-electron chi connectivity index (χ1n) is 9.85. The smallest absolute Gasteiger partial charge is 0.343 e. The van der Waals surface area contributed by atoms with Crippen LogP contribution in [-0.4, -0.2) is 18.1 Å². The van der Waals surface area contributed by atoms with Crippen molar-refractivity contribution in [2.24, 2.45) is 5.10 Å². The second kappa shape index (κ2) is 9.50. The van der Waals surface area contributed by atoms with Crippen LogP contribution in [0.15, 0.2) is 102 Å². The van der Waals surface area contributed by atoms with Crippen molar-refractivity contribution in [3.63, 3.8) is 0 Å². The van der Waals surface area contributed by atoms with Gasteiger partial charge in [0.25, 0.3) is 0 Å². The summed E-state index contributed by atoms with van der Waals surface area (Å²) in [5.41, 5.74) is 4.51. The molecule has 5 nitrogen and oxygen atoms in total. The van der Waals surface area contributed by atoms with Gasteiger partial charge < -0.3 is 4.74 Å². The maximum atomic E-state index is 12.6. The molecule has 0 atom stereocenters. The molecule has 0 saturated heterocycles. The Morgan fingerprint density at radius 1 is 0.806 bits per heavy atom. The van der Waals surface area contributed by atoms with Crippen LogP contribution in [0, 0.1) is 0 Å². The molecule has 0 fully saturated rings. The summed E-state index contributed by atoms with van der Waals surface area (Å²) in [5, 5.41) is 5.95. The van der Waals surface area contributed by atoms with Crippen LogP contribution in [0.2, 0.25) is 0 Å². The molecule has 0 aliphatic carbocycles. The molecule has 0 aliphatic heterocycles. The molecular formula is C26H20N2O3. The molecule has 0 unspecified atom stereocenters. The summed E-state index contributed by atoms with van der Waals surface area (Å²) in [6, 6.07) is 29.6. The number of rotatable bonds is 6. The lowest BCUT2D eigenvalue weighted by atomic mass is 10.0. The highest BCUT2D eigenvalue weighted by Crippen LogP contribution is 2.27. The molecule has 0 saturated carbocycles. The Labute approximate surface area is 180 Å². The lowest BCUT2D eigenvalue weighted by Gasteiger charge is -2.10. The quantitative estimate of drug-likeness (QED) is 0.217. The fourth-order valence-corrected chi connectivity index (χ4v) is 3.22. The van der Waals surface area contributed by atoms with Gasteiger partial charge in [-0.1, -0.05) is 78.9 Å². The highest BCUT2D eigenvalue weighted by Gasteiger charge is 2.13. The van der Waals surface area contributed by atoms with Crippen molar-refractivity contribution in [3.05, 3.63) is 114 Å². The summed E-state index contributed by atoms with van der Waals surface area (Å²) >= 11 is 0. The van der Waals surface area contributed by atoms with Gasteiger partial charge in [-0.3, -0.25) is 4.79 Å².